The monoisotopic (exact) mass is 248 g/mol. The molecule has 0 aliphatic rings. The van der Waals surface area contributed by atoms with E-state index in [0.29, 0.717) is 12.2 Å². The second kappa shape index (κ2) is 6.54. The summed E-state index contributed by atoms with van der Waals surface area (Å²) >= 11 is 0. The Morgan fingerprint density at radius 3 is 2.50 bits per heavy atom. The first kappa shape index (κ1) is 13.9. The molecule has 0 unspecified atom stereocenters. The van der Waals surface area contributed by atoms with Gasteiger partial charge in [-0.05, 0) is 24.6 Å². The number of benzene rings is 1. The summed E-state index contributed by atoms with van der Waals surface area (Å²) in [6.07, 6.45) is -0.106. The number of hydrogen-bond acceptors (Lipinski definition) is 3. The number of Topliss-reactive ketones (excluding diaryl/α,β-unsaturated/α-hetero) is 1. The van der Waals surface area contributed by atoms with Crippen molar-refractivity contribution in [3.8, 4) is 0 Å². The van der Waals surface area contributed by atoms with Crippen molar-refractivity contribution in [2.75, 3.05) is 5.32 Å². The molecule has 1 aromatic rings. The topological polar surface area (TPSA) is 75.3 Å². The number of amides is 2. The van der Waals surface area contributed by atoms with Gasteiger partial charge in [0, 0.05) is 19.2 Å². The maximum Gasteiger partial charge on any atom is 0.227 e. The lowest BCUT2D eigenvalue weighted by atomic mass is 10.2. The van der Waals surface area contributed by atoms with Gasteiger partial charge in [-0.2, -0.15) is 0 Å². The minimum atomic E-state index is -0.299. The van der Waals surface area contributed by atoms with E-state index in [4.69, 9.17) is 0 Å². The van der Waals surface area contributed by atoms with Crippen LogP contribution in [-0.2, 0) is 20.9 Å². The second-order valence-corrected chi connectivity index (χ2v) is 4.04. The highest BCUT2D eigenvalue weighted by molar-refractivity contribution is 5.96. The van der Waals surface area contributed by atoms with Gasteiger partial charge >= 0.3 is 0 Å². The van der Waals surface area contributed by atoms with Gasteiger partial charge < -0.3 is 10.6 Å². The van der Waals surface area contributed by atoms with Gasteiger partial charge in [-0.3, -0.25) is 14.4 Å². The zero-order chi connectivity index (χ0) is 13.5. The normalized spacial score (nSPS) is 9.67. The van der Waals surface area contributed by atoms with Crippen molar-refractivity contribution in [1.29, 1.82) is 0 Å². The average Bonchev–Trinajstić information content (AvgIpc) is 2.25. The van der Waals surface area contributed by atoms with Crippen molar-refractivity contribution in [3.05, 3.63) is 29.8 Å². The molecule has 5 heteroatoms. The van der Waals surface area contributed by atoms with Crippen LogP contribution in [0.25, 0.3) is 0 Å². The summed E-state index contributed by atoms with van der Waals surface area (Å²) in [5, 5.41) is 5.30. The van der Waals surface area contributed by atoms with Gasteiger partial charge in [-0.15, -0.1) is 0 Å². The molecule has 0 heterocycles. The molecule has 1 rings (SSSR count). The van der Waals surface area contributed by atoms with E-state index in [1.807, 2.05) is 6.07 Å². The van der Waals surface area contributed by atoms with Gasteiger partial charge in [0.1, 0.15) is 5.78 Å². The van der Waals surface area contributed by atoms with Crippen molar-refractivity contribution < 1.29 is 14.4 Å². The van der Waals surface area contributed by atoms with Crippen LogP contribution in [0, 0.1) is 0 Å². The maximum atomic E-state index is 11.3. The van der Waals surface area contributed by atoms with E-state index in [9.17, 15) is 14.4 Å². The van der Waals surface area contributed by atoms with Crippen LogP contribution in [0.2, 0.25) is 0 Å². The van der Waals surface area contributed by atoms with Crippen LogP contribution >= 0.6 is 0 Å². The molecule has 0 aromatic heterocycles. The Kier molecular flexibility index (Phi) is 5.05. The van der Waals surface area contributed by atoms with Crippen molar-refractivity contribution in [3.63, 3.8) is 0 Å². The Hall–Kier alpha value is -2.17. The molecule has 0 radical (unpaired) electrons. The van der Waals surface area contributed by atoms with E-state index < -0.39 is 0 Å². The molecule has 18 heavy (non-hydrogen) atoms. The molecule has 0 saturated heterocycles. The quantitative estimate of drug-likeness (QED) is 0.770. The lowest BCUT2D eigenvalue weighted by Gasteiger charge is -2.07. The molecule has 5 nitrogen and oxygen atoms in total. The number of hydrogen-bond donors (Lipinski definition) is 2. The molecular formula is C13H16N2O3. The molecule has 1 aromatic carbocycles. The summed E-state index contributed by atoms with van der Waals surface area (Å²) in [6.45, 7) is 3.14. The average molecular weight is 248 g/mol. The number of rotatable bonds is 5. The Morgan fingerprint density at radius 2 is 1.89 bits per heavy atom. The summed E-state index contributed by atoms with van der Waals surface area (Å²) in [5.41, 5.74) is 1.54. The zero-order valence-electron chi connectivity index (χ0n) is 10.4. The van der Waals surface area contributed by atoms with Crippen LogP contribution < -0.4 is 10.6 Å². The number of nitrogens with one attached hydrogen (secondary N) is 2. The molecule has 0 spiro atoms. The first-order valence-corrected chi connectivity index (χ1v) is 5.60. The Bertz CT molecular complexity index is 469. The zero-order valence-corrected chi connectivity index (χ0v) is 10.4. The van der Waals surface area contributed by atoms with Crippen LogP contribution in [0.1, 0.15) is 25.8 Å². The summed E-state index contributed by atoms with van der Waals surface area (Å²) in [6, 6.07) is 7.16. The Balaban J connectivity index is 2.54. The van der Waals surface area contributed by atoms with Gasteiger partial charge in [-0.25, -0.2) is 0 Å². The van der Waals surface area contributed by atoms with Gasteiger partial charge in [0.2, 0.25) is 11.8 Å². The van der Waals surface area contributed by atoms with Crippen LogP contribution in [0.5, 0.6) is 0 Å². The van der Waals surface area contributed by atoms with E-state index in [0.717, 1.165) is 5.56 Å². The maximum absolute atomic E-state index is 11.3. The fourth-order valence-corrected chi connectivity index (χ4v) is 1.45. The number of carbonyl (C=O) groups excluding carboxylic acids is 3. The van der Waals surface area contributed by atoms with Gasteiger partial charge in [-0.1, -0.05) is 12.1 Å². The van der Waals surface area contributed by atoms with Crippen molar-refractivity contribution in [1.82, 2.24) is 5.32 Å². The summed E-state index contributed by atoms with van der Waals surface area (Å²) in [4.78, 5) is 32.9. The predicted molar refractivity (Wildman–Crippen MR) is 67.9 cm³/mol. The highest BCUT2D eigenvalue weighted by atomic mass is 16.2. The third kappa shape index (κ3) is 5.25. The predicted octanol–water partition coefficient (Wildman–Crippen LogP) is 1.24. The molecule has 0 saturated carbocycles. The molecule has 2 N–H and O–H groups in total. The molecular weight excluding hydrogens is 232 g/mol. The lowest BCUT2D eigenvalue weighted by molar-refractivity contribution is -0.127. The fourth-order valence-electron chi connectivity index (χ4n) is 1.45. The summed E-state index contributed by atoms with van der Waals surface area (Å²) < 4.78 is 0. The molecule has 0 fully saturated rings. The van der Waals surface area contributed by atoms with Gasteiger partial charge in [0.05, 0.1) is 6.42 Å². The minimum Gasteiger partial charge on any atom is -0.352 e. The van der Waals surface area contributed by atoms with Crippen LogP contribution in [-0.4, -0.2) is 17.6 Å². The fraction of sp³-hybridized carbons (Fsp3) is 0.308. The van der Waals surface area contributed by atoms with Crippen molar-refractivity contribution in [2.45, 2.75) is 26.8 Å². The smallest absolute Gasteiger partial charge is 0.227 e. The van der Waals surface area contributed by atoms with E-state index in [1.54, 1.807) is 18.2 Å². The molecule has 2 amide bonds. The third-order valence-corrected chi connectivity index (χ3v) is 2.15. The molecule has 96 valence electrons. The summed E-state index contributed by atoms with van der Waals surface area (Å²) in [5.74, 6) is -0.611. The highest BCUT2D eigenvalue weighted by Crippen LogP contribution is 2.10. The lowest BCUT2D eigenvalue weighted by Crippen LogP contribution is -2.24. The number of ketones is 1. The number of carbonyl (C=O) groups is 3. The SMILES string of the molecule is CC(=O)CC(=O)NCc1cccc(NC(C)=O)c1. The van der Waals surface area contributed by atoms with Crippen molar-refractivity contribution >= 4 is 23.3 Å². The number of anilines is 1. The van der Waals surface area contributed by atoms with Crippen LogP contribution in [0.15, 0.2) is 24.3 Å². The Morgan fingerprint density at radius 1 is 1.17 bits per heavy atom. The minimum absolute atomic E-state index is 0.106. The van der Waals surface area contributed by atoms with E-state index in [2.05, 4.69) is 10.6 Å². The second-order valence-electron chi connectivity index (χ2n) is 4.04. The van der Waals surface area contributed by atoms with Crippen molar-refractivity contribution in [2.24, 2.45) is 0 Å². The molecule has 0 bridgehead atoms. The van der Waals surface area contributed by atoms with E-state index in [1.165, 1.54) is 13.8 Å². The molecule has 0 aliphatic heterocycles. The van der Waals surface area contributed by atoms with E-state index >= 15 is 0 Å². The molecule has 0 atom stereocenters. The Labute approximate surface area is 106 Å². The summed E-state index contributed by atoms with van der Waals surface area (Å²) in [7, 11) is 0. The first-order chi connectivity index (χ1) is 8.47. The van der Waals surface area contributed by atoms with E-state index in [-0.39, 0.29) is 24.0 Å². The van der Waals surface area contributed by atoms with Crippen LogP contribution in [0.4, 0.5) is 5.69 Å². The van der Waals surface area contributed by atoms with Gasteiger partial charge in [0.15, 0.2) is 0 Å². The highest BCUT2D eigenvalue weighted by Gasteiger charge is 2.04. The molecule has 0 aliphatic carbocycles. The van der Waals surface area contributed by atoms with Gasteiger partial charge in [0.25, 0.3) is 0 Å². The van der Waals surface area contributed by atoms with Crippen LogP contribution in [0.3, 0.4) is 0 Å². The first-order valence-electron chi connectivity index (χ1n) is 5.60. The largest absolute Gasteiger partial charge is 0.352 e. The standard InChI is InChI=1S/C13H16N2O3/c1-9(16)6-13(18)14-8-11-4-3-5-12(7-11)15-10(2)17/h3-5,7H,6,8H2,1-2H3,(H,14,18)(H,15,17). The third-order valence-electron chi connectivity index (χ3n) is 2.15.